The number of amides is 1. The molecule has 0 aromatic carbocycles. The van der Waals surface area contributed by atoms with Crippen molar-refractivity contribution >= 4 is 29.1 Å². The molecule has 0 unspecified atom stereocenters. The maximum Gasteiger partial charge on any atom is 0.316 e. The number of cyclic esters (lactones) is 1. The molecule has 2 N–H and O–H groups in total. The first-order valence-corrected chi connectivity index (χ1v) is 21.3. The lowest BCUT2D eigenvalue weighted by molar-refractivity contribution is -0.296. The summed E-state index contributed by atoms with van der Waals surface area (Å²) in [4.78, 5) is 58.5. The quantitative estimate of drug-likeness (QED) is 0.201. The Morgan fingerprint density at radius 3 is 2.41 bits per heavy atom. The molecule has 2 aromatic rings. The van der Waals surface area contributed by atoms with E-state index >= 15 is 0 Å². The molecule has 1 amide bonds. The molecule has 3 saturated heterocycles. The molecule has 338 valence electrons. The first kappa shape index (κ1) is 48.1. The lowest BCUT2D eigenvalue weighted by atomic mass is 9.73. The summed E-state index contributed by atoms with van der Waals surface area (Å²) in [5, 5.41) is 32.4. The van der Waals surface area contributed by atoms with Crippen LogP contribution in [0.5, 0.6) is 0 Å². The van der Waals surface area contributed by atoms with Crippen LogP contribution in [0.25, 0.3) is 11.5 Å². The lowest BCUT2D eigenvalue weighted by Gasteiger charge is -2.47. The molecule has 5 heterocycles. The topological polar surface area (TPSA) is 214 Å². The highest BCUT2D eigenvalue weighted by atomic mass is 16.7. The Balaban J connectivity index is 1.64. The Labute approximate surface area is 358 Å². The number of pyridine rings is 1. The van der Waals surface area contributed by atoms with E-state index in [2.05, 4.69) is 20.3 Å². The van der Waals surface area contributed by atoms with E-state index in [0.29, 0.717) is 29.2 Å². The fourth-order valence-corrected chi connectivity index (χ4v) is 8.85. The van der Waals surface area contributed by atoms with Gasteiger partial charge in [-0.25, -0.2) is 4.99 Å². The number of aliphatic imine (C=N–C) groups is 1. The molecular formula is C44H65N5O12. The van der Waals surface area contributed by atoms with Crippen molar-refractivity contribution in [3.8, 4) is 11.5 Å². The predicted molar refractivity (Wildman–Crippen MR) is 223 cm³/mol. The molecular weight excluding hydrogens is 791 g/mol. The minimum atomic E-state index is -1.86. The molecule has 0 radical (unpaired) electrons. The van der Waals surface area contributed by atoms with E-state index in [1.165, 1.54) is 20.0 Å². The standard InChI is InChI=1S/C44H65N5O12/c1-12-34-44(9,54)40-26(5)36(47-35(50)13-2)24(3)19-43(8,56-23-30(22-55-40)48-57-21-29-14-15-31(45-20-29)33-16-17-46-61-33)39(27(6)37(51)28(7)41(53)59-34)60-42-38(52)32(49(10)11)18-25(4)58-42/h14-17,20,24-28,32,34,38-40,42,52,54H,12-13,18-19,21-23H2,1-11H3/b47-36+,48-30+/t24-,25-,26+,27+,28-,32+,34-,38-,39-,40-,42+,43-,44-/m1/s1. The molecule has 5 rings (SSSR count). The number of fused-ring (bicyclic) bond motifs is 5. The van der Waals surface area contributed by atoms with Crippen molar-refractivity contribution in [2.45, 2.75) is 149 Å². The molecule has 3 aliphatic heterocycles. The average Bonchev–Trinajstić information content (AvgIpc) is 3.77. The number of hydrogen-bond donors (Lipinski definition) is 2. The van der Waals surface area contributed by atoms with Gasteiger partial charge in [-0.1, -0.05) is 51.0 Å². The van der Waals surface area contributed by atoms with Gasteiger partial charge in [0.1, 0.15) is 41.7 Å². The summed E-state index contributed by atoms with van der Waals surface area (Å²) >= 11 is 0. The van der Waals surface area contributed by atoms with Gasteiger partial charge < -0.3 is 48.2 Å². The average molecular weight is 856 g/mol. The van der Waals surface area contributed by atoms with Gasteiger partial charge in [0.05, 0.1) is 43.3 Å². The van der Waals surface area contributed by atoms with Crippen LogP contribution in [0.2, 0.25) is 0 Å². The molecule has 0 saturated carbocycles. The number of rotatable bonds is 9. The number of nitrogens with zero attached hydrogens (tertiary/aromatic N) is 5. The van der Waals surface area contributed by atoms with E-state index in [4.69, 9.17) is 33.0 Å². The van der Waals surface area contributed by atoms with Gasteiger partial charge >= 0.3 is 5.97 Å². The Kier molecular flexibility index (Phi) is 16.1. The predicted octanol–water partition coefficient (Wildman–Crippen LogP) is 4.56. The molecule has 61 heavy (non-hydrogen) atoms. The van der Waals surface area contributed by atoms with Crippen LogP contribution >= 0.6 is 0 Å². The van der Waals surface area contributed by atoms with Crippen molar-refractivity contribution in [2.75, 3.05) is 27.3 Å². The summed E-state index contributed by atoms with van der Waals surface area (Å²) < 4.78 is 37.8. The van der Waals surface area contributed by atoms with E-state index in [1.54, 1.807) is 46.0 Å². The third kappa shape index (κ3) is 11.2. The van der Waals surface area contributed by atoms with Gasteiger partial charge in [0.15, 0.2) is 17.8 Å². The highest BCUT2D eigenvalue weighted by molar-refractivity contribution is 6.00. The van der Waals surface area contributed by atoms with Crippen LogP contribution in [-0.2, 0) is 49.5 Å². The number of Topliss-reactive ketones (excluding diaryl/α,β-unsaturated/α-hetero) is 1. The van der Waals surface area contributed by atoms with Gasteiger partial charge in [-0.3, -0.25) is 19.4 Å². The third-order valence-corrected chi connectivity index (χ3v) is 12.3. The van der Waals surface area contributed by atoms with Crippen LogP contribution in [0.15, 0.2) is 45.3 Å². The number of aliphatic hydroxyl groups excluding tert-OH is 1. The normalized spacial score (nSPS) is 37.2. The summed E-state index contributed by atoms with van der Waals surface area (Å²) in [7, 11) is 3.73. The van der Waals surface area contributed by atoms with Crippen molar-refractivity contribution in [1.29, 1.82) is 0 Å². The molecule has 17 heteroatoms. The van der Waals surface area contributed by atoms with Gasteiger partial charge in [-0.2, -0.15) is 0 Å². The molecule has 2 bridgehead atoms. The van der Waals surface area contributed by atoms with Gasteiger partial charge in [0.2, 0.25) is 5.91 Å². The Bertz CT molecular complexity index is 1850. The van der Waals surface area contributed by atoms with Crippen molar-refractivity contribution in [3.05, 3.63) is 36.2 Å². The summed E-state index contributed by atoms with van der Waals surface area (Å²) in [6, 6.07) is 4.97. The van der Waals surface area contributed by atoms with Crippen molar-refractivity contribution in [1.82, 2.24) is 15.0 Å². The number of esters is 1. The number of ether oxygens (including phenoxy) is 5. The fraction of sp³-hybridized carbons (Fsp3) is 0.705. The molecule has 0 aliphatic carbocycles. The molecule has 2 aromatic heterocycles. The second-order valence-electron chi connectivity index (χ2n) is 17.5. The van der Waals surface area contributed by atoms with Crippen LogP contribution < -0.4 is 0 Å². The first-order valence-electron chi connectivity index (χ1n) is 21.3. The number of carbonyl (C=O) groups is 3. The van der Waals surface area contributed by atoms with Gasteiger partial charge in [0.25, 0.3) is 0 Å². The lowest BCUT2D eigenvalue weighted by Crippen LogP contribution is -2.60. The van der Waals surface area contributed by atoms with Gasteiger partial charge in [-0.15, -0.1) is 0 Å². The summed E-state index contributed by atoms with van der Waals surface area (Å²) in [5.74, 6) is -4.76. The third-order valence-electron chi connectivity index (χ3n) is 12.3. The van der Waals surface area contributed by atoms with Crippen molar-refractivity contribution in [2.24, 2.45) is 33.8 Å². The largest absolute Gasteiger partial charge is 0.459 e. The van der Waals surface area contributed by atoms with Crippen LogP contribution in [0, 0.1) is 23.7 Å². The molecule has 0 spiro atoms. The monoisotopic (exact) mass is 855 g/mol. The Hall–Kier alpha value is -3.97. The van der Waals surface area contributed by atoms with Crippen molar-refractivity contribution < 1.29 is 57.6 Å². The highest BCUT2D eigenvalue weighted by Gasteiger charge is 2.53. The Morgan fingerprint density at radius 1 is 1.05 bits per heavy atom. The number of oxime groups is 1. The zero-order chi connectivity index (χ0) is 44.8. The maximum absolute atomic E-state index is 14.5. The number of aromatic nitrogens is 2. The van der Waals surface area contributed by atoms with E-state index in [9.17, 15) is 24.6 Å². The summed E-state index contributed by atoms with van der Waals surface area (Å²) in [5.41, 5.74) is -1.27. The second-order valence-corrected chi connectivity index (χ2v) is 17.5. The van der Waals surface area contributed by atoms with Gasteiger partial charge in [-0.05, 0) is 73.0 Å². The highest BCUT2D eigenvalue weighted by Crippen LogP contribution is 2.40. The first-order chi connectivity index (χ1) is 28.8. The number of carbonyl (C=O) groups excluding carboxylic acids is 3. The zero-order valence-electron chi connectivity index (χ0n) is 37.4. The summed E-state index contributed by atoms with van der Waals surface area (Å²) in [6.07, 6.45) is -1.89. The van der Waals surface area contributed by atoms with E-state index in [1.807, 2.05) is 45.8 Å². The smallest absolute Gasteiger partial charge is 0.316 e. The van der Waals surface area contributed by atoms with Crippen molar-refractivity contribution in [3.63, 3.8) is 0 Å². The Morgan fingerprint density at radius 2 is 1.79 bits per heavy atom. The molecule has 17 nitrogen and oxygen atoms in total. The molecule has 3 fully saturated rings. The molecule has 3 aliphatic rings. The number of hydrogen-bond acceptors (Lipinski definition) is 16. The minimum absolute atomic E-state index is 0.0279. The second kappa shape index (κ2) is 20.5. The summed E-state index contributed by atoms with van der Waals surface area (Å²) in [6.45, 7) is 15.1. The maximum atomic E-state index is 14.5. The number of aliphatic hydroxyl groups is 2. The number of likely N-dealkylation sites (N-methyl/N-ethyl adjacent to an activating group) is 1. The zero-order valence-corrected chi connectivity index (χ0v) is 37.4. The van der Waals surface area contributed by atoms with Crippen LogP contribution in [0.3, 0.4) is 0 Å². The van der Waals surface area contributed by atoms with Crippen LogP contribution in [-0.4, -0.2) is 136 Å². The number of ketones is 1. The van der Waals surface area contributed by atoms with Crippen LogP contribution in [0.4, 0.5) is 0 Å². The SMILES string of the molecule is CCC(=O)/N=C1\[C@H](C)C[C@@]2(C)OC/C(=N/OCc3ccc(-c4ccno4)nc3)CO[C@H]([C@H]1C)[C@](C)(O)[C@@H](CC)OC(=O)[C@H](C)C(=O)[C@H](C)[C@H]2O[C@@H]1O[C@H](C)C[C@H](N(C)C)[C@H]1O. The van der Waals surface area contributed by atoms with Gasteiger partial charge in [0, 0.05) is 47.8 Å². The fourth-order valence-electron chi connectivity index (χ4n) is 8.85. The van der Waals surface area contributed by atoms with E-state index in [-0.39, 0.29) is 62.8 Å². The van der Waals surface area contributed by atoms with E-state index < -0.39 is 77.3 Å². The molecule has 13 atom stereocenters. The minimum Gasteiger partial charge on any atom is -0.459 e. The van der Waals surface area contributed by atoms with E-state index in [0.717, 1.165) is 0 Å². The van der Waals surface area contributed by atoms with Crippen LogP contribution in [0.1, 0.15) is 93.6 Å².